The van der Waals surface area contributed by atoms with Gasteiger partial charge < -0.3 is 0 Å². The maximum Gasteiger partial charge on any atom is 0.170 e. The lowest BCUT2D eigenvalue weighted by molar-refractivity contribution is 0.0989. The van der Waals surface area contributed by atoms with E-state index in [4.69, 9.17) is 23.2 Å². The van der Waals surface area contributed by atoms with E-state index in [1.165, 1.54) is 12.1 Å². The van der Waals surface area contributed by atoms with E-state index in [-0.39, 0.29) is 22.8 Å². The van der Waals surface area contributed by atoms with E-state index < -0.39 is 5.82 Å². The first kappa shape index (κ1) is 14.5. The number of carbonyl (C=O) groups excluding carboxylic acids is 1. The Morgan fingerprint density at radius 1 is 1.16 bits per heavy atom. The monoisotopic (exact) mass is 360 g/mol. The molecule has 0 heterocycles. The van der Waals surface area contributed by atoms with Gasteiger partial charge in [0.1, 0.15) is 5.82 Å². The molecule has 0 unspecified atom stereocenters. The Hall–Kier alpha value is -0.900. The third-order valence-electron chi connectivity index (χ3n) is 2.60. The third kappa shape index (κ3) is 3.56. The van der Waals surface area contributed by atoms with E-state index in [0.717, 1.165) is 10.5 Å². The highest BCUT2D eigenvalue weighted by Gasteiger charge is 2.14. The highest BCUT2D eigenvalue weighted by molar-refractivity contribution is 9.10. The van der Waals surface area contributed by atoms with Crippen LogP contribution in [0.15, 0.2) is 40.9 Å². The maximum atomic E-state index is 13.6. The van der Waals surface area contributed by atoms with Gasteiger partial charge in [0.2, 0.25) is 0 Å². The SMILES string of the molecule is O=C(Cc1ccc(Br)cc1Cl)c1ccc(Cl)cc1F. The summed E-state index contributed by atoms with van der Waals surface area (Å²) in [4.78, 5) is 12.0. The molecule has 0 bridgehead atoms. The van der Waals surface area contributed by atoms with Crippen LogP contribution < -0.4 is 0 Å². The second-order valence-electron chi connectivity index (χ2n) is 3.96. The summed E-state index contributed by atoms with van der Waals surface area (Å²) in [6.07, 6.45) is 0.0463. The standard InChI is InChI=1S/C14H8BrCl2FO/c15-9-2-1-8(12(17)6-9)5-14(19)11-4-3-10(16)7-13(11)18/h1-4,6-7H,5H2. The average Bonchev–Trinajstić information content (AvgIpc) is 2.32. The van der Waals surface area contributed by atoms with Gasteiger partial charge in [-0.15, -0.1) is 0 Å². The van der Waals surface area contributed by atoms with E-state index in [1.54, 1.807) is 18.2 Å². The van der Waals surface area contributed by atoms with Crippen molar-refractivity contribution in [1.82, 2.24) is 0 Å². The molecule has 0 saturated heterocycles. The molecular weight excluding hydrogens is 354 g/mol. The smallest absolute Gasteiger partial charge is 0.170 e. The van der Waals surface area contributed by atoms with E-state index in [2.05, 4.69) is 15.9 Å². The number of rotatable bonds is 3. The Morgan fingerprint density at radius 2 is 1.89 bits per heavy atom. The van der Waals surface area contributed by atoms with Crippen LogP contribution in [0.2, 0.25) is 10.0 Å². The molecule has 0 amide bonds. The summed E-state index contributed by atoms with van der Waals surface area (Å²) in [6, 6.07) is 9.21. The molecule has 0 aliphatic heterocycles. The quantitative estimate of drug-likeness (QED) is 0.676. The molecule has 2 rings (SSSR count). The van der Waals surface area contributed by atoms with Crippen molar-refractivity contribution in [3.8, 4) is 0 Å². The van der Waals surface area contributed by atoms with Crippen LogP contribution >= 0.6 is 39.1 Å². The van der Waals surface area contributed by atoms with Crippen LogP contribution in [0.25, 0.3) is 0 Å². The zero-order valence-corrected chi connectivity index (χ0v) is 12.7. The van der Waals surface area contributed by atoms with Crippen molar-refractivity contribution in [3.05, 3.63) is 67.9 Å². The number of hydrogen-bond acceptors (Lipinski definition) is 1. The Morgan fingerprint density at radius 3 is 2.53 bits per heavy atom. The molecule has 0 saturated carbocycles. The molecule has 2 aromatic carbocycles. The molecule has 0 aliphatic rings. The van der Waals surface area contributed by atoms with Crippen LogP contribution in [0, 0.1) is 5.82 Å². The van der Waals surface area contributed by atoms with Crippen molar-refractivity contribution in [2.75, 3.05) is 0 Å². The topological polar surface area (TPSA) is 17.1 Å². The second kappa shape index (κ2) is 6.04. The fourth-order valence-corrected chi connectivity index (χ4v) is 2.55. The fraction of sp³-hybridized carbons (Fsp3) is 0.0714. The maximum absolute atomic E-state index is 13.6. The van der Waals surface area contributed by atoms with Gasteiger partial charge in [-0.05, 0) is 35.9 Å². The number of carbonyl (C=O) groups is 1. The predicted octanol–water partition coefficient (Wildman–Crippen LogP) is 5.32. The molecule has 0 atom stereocenters. The molecule has 0 radical (unpaired) electrons. The van der Waals surface area contributed by atoms with E-state index in [1.807, 2.05) is 0 Å². The molecule has 19 heavy (non-hydrogen) atoms. The van der Waals surface area contributed by atoms with Gasteiger partial charge in [-0.3, -0.25) is 4.79 Å². The van der Waals surface area contributed by atoms with Gasteiger partial charge >= 0.3 is 0 Å². The Balaban J connectivity index is 2.25. The highest BCUT2D eigenvalue weighted by atomic mass is 79.9. The van der Waals surface area contributed by atoms with Crippen LogP contribution in [0.1, 0.15) is 15.9 Å². The van der Waals surface area contributed by atoms with Gasteiger partial charge in [-0.1, -0.05) is 45.2 Å². The van der Waals surface area contributed by atoms with Crippen LogP contribution in [-0.2, 0) is 6.42 Å². The van der Waals surface area contributed by atoms with Crippen molar-refractivity contribution in [2.24, 2.45) is 0 Å². The Kier molecular flexibility index (Phi) is 4.61. The predicted molar refractivity (Wildman–Crippen MR) is 78.6 cm³/mol. The van der Waals surface area contributed by atoms with Crippen LogP contribution in [0.5, 0.6) is 0 Å². The second-order valence-corrected chi connectivity index (χ2v) is 5.72. The lowest BCUT2D eigenvalue weighted by Crippen LogP contribution is -2.06. The molecule has 0 aromatic heterocycles. The summed E-state index contributed by atoms with van der Waals surface area (Å²) in [7, 11) is 0. The summed E-state index contributed by atoms with van der Waals surface area (Å²) < 4.78 is 14.4. The number of Topliss-reactive ketones (excluding diaryl/α,β-unsaturated/α-hetero) is 1. The molecular formula is C14H8BrCl2FO. The number of ketones is 1. The first-order chi connectivity index (χ1) is 8.97. The summed E-state index contributed by atoms with van der Waals surface area (Å²) in [6.45, 7) is 0. The van der Waals surface area contributed by atoms with Crippen molar-refractivity contribution >= 4 is 44.9 Å². The van der Waals surface area contributed by atoms with Gasteiger partial charge in [0.05, 0.1) is 5.56 Å². The van der Waals surface area contributed by atoms with Gasteiger partial charge in [0.25, 0.3) is 0 Å². The fourth-order valence-electron chi connectivity index (χ4n) is 1.65. The number of benzene rings is 2. The minimum Gasteiger partial charge on any atom is -0.294 e. The lowest BCUT2D eigenvalue weighted by Gasteiger charge is -2.06. The summed E-state index contributed by atoms with van der Waals surface area (Å²) >= 11 is 15.0. The first-order valence-electron chi connectivity index (χ1n) is 5.39. The molecule has 2 aromatic rings. The highest BCUT2D eigenvalue weighted by Crippen LogP contribution is 2.23. The molecule has 1 nitrogen and oxygen atoms in total. The van der Waals surface area contributed by atoms with Crippen LogP contribution in [-0.4, -0.2) is 5.78 Å². The van der Waals surface area contributed by atoms with E-state index >= 15 is 0 Å². The van der Waals surface area contributed by atoms with Gasteiger partial charge in [-0.25, -0.2) is 4.39 Å². The van der Waals surface area contributed by atoms with Gasteiger partial charge in [-0.2, -0.15) is 0 Å². The third-order valence-corrected chi connectivity index (χ3v) is 3.68. The number of hydrogen-bond donors (Lipinski definition) is 0. The lowest BCUT2D eigenvalue weighted by atomic mass is 10.0. The summed E-state index contributed by atoms with van der Waals surface area (Å²) in [5.74, 6) is -0.955. The molecule has 0 spiro atoms. The van der Waals surface area contributed by atoms with Crippen molar-refractivity contribution in [2.45, 2.75) is 6.42 Å². The Bertz CT molecular complexity index is 643. The van der Waals surface area contributed by atoms with Crippen molar-refractivity contribution < 1.29 is 9.18 Å². The Labute approximate surface area is 128 Å². The van der Waals surface area contributed by atoms with E-state index in [0.29, 0.717) is 10.6 Å². The number of halogens is 4. The van der Waals surface area contributed by atoms with Crippen LogP contribution in [0.4, 0.5) is 4.39 Å². The molecule has 0 fully saturated rings. The molecule has 0 aliphatic carbocycles. The molecule has 5 heteroatoms. The van der Waals surface area contributed by atoms with Crippen LogP contribution in [0.3, 0.4) is 0 Å². The summed E-state index contributed by atoms with van der Waals surface area (Å²) in [5.41, 5.74) is 0.674. The minimum absolute atomic E-state index is 0.0170. The largest absolute Gasteiger partial charge is 0.294 e. The van der Waals surface area contributed by atoms with E-state index in [9.17, 15) is 9.18 Å². The van der Waals surface area contributed by atoms with Gasteiger partial charge in [0.15, 0.2) is 5.78 Å². The van der Waals surface area contributed by atoms with Crippen molar-refractivity contribution in [1.29, 1.82) is 0 Å². The molecule has 0 N–H and O–H groups in total. The van der Waals surface area contributed by atoms with Gasteiger partial charge in [0, 0.05) is 20.9 Å². The zero-order valence-electron chi connectivity index (χ0n) is 9.59. The average molecular weight is 362 g/mol. The summed E-state index contributed by atoms with van der Waals surface area (Å²) in [5, 5.41) is 0.729. The molecule has 98 valence electrons. The zero-order chi connectivity index (χ0) is 14.0. The van der Waals surface area contributed by atoms with Crippen molar-refractivity contribution in [3.63, 3.8) is 0 Å². The normalized spacial score (nSPS) is 10.5. The minimum atomic E-state index is -0.620. The first-order valence-corrected chi connectivity index (χ1v) is 6.94.